The number of rotatable bonds is 11. The molecule has 0 bridgehead atoms. The zero-order chi connectivity index (χ0) is 25.5. The molecule has 36 heavy (non-hydrogen) atoms. The van der Waals surface area contributed by atoms with Crippen molar-refractivity contribution in [3.05, 3.63) is 66.1 Å². The molecule has 0 radical (unpaired) electrons. The van der Waals surface area contributed by atoms with Crippen LogP contribution in [0.25, 0.3) is 11.5 Å². The van der Waals surface area contributed by atoms with Gasteiger partial charge in [-0.05, 0) is 88.3 Å². The van der Waals surface area contributed by atoms with Gasteiger partial charge in [-0.15, -0.1) is 0 Å². The van der Waals surface area contributed by atoms with E-state index in [0.29, 0.717) is 37.5 Å². The van der Waals surface area contributed by atoms with Crippen molar-refractivity contribution < 1.29 is 28.5 Å². The Labute approximate surface area is 212 Å². The fourth-order valence-corrected chi connectivity index (χ4v) is 4.39. The van der Waals surface area contributed by atoms with Crippen LogP contribution >= 0.6 is 0 Å². The van der Waals surface area contributed by atoms with Crippen LogP contribution in [0.2, 0.25) is 0 Å². The molecule has 1 fully saturated rings. The Bertz CT molecular complexity index is 1120. The number of aliphatic carboxylic acids is 1. The number of aryl methyl sites for hydroxylation is 1. The van der Waals surface area contributed by atoms with Gasteiger partial charge in [-0.25, -0.2) is 9.78 Å². The minimum atomic E-state index is -1.15. The maximum Gasteiger partial charge on any atom is 0.335 e. The monoisotopic (exact) mass is 493 g/mol. The van der Waals surface area contributed by atoms with Crippen LogP contribution in [-0.2, 0) is 20.9 Å². The molecule has 1 aromatic heterocycles. The van der Waals surface area contributed by atoms with Crippen molar-refractivity contribution in [2.75, 3.05) is 13.2 Å². The summed E-state index contributed by atoms with van der Waals surface area (Å²) in [5.74, 6) is 2.71. The van der Waals surface area contributed by atoms with Crippen molar-refractivity contribution in [2.45, 2.75) is 58.7 Å². The predicted molar refractivity (Wildman–Crippen MR) is 136 cm³/mol. The van der Waals surface area contributed by atoms with Gasteiger partial charge in [0, 0.05) is 12.2 Å². The molecular weight excluding hydrogens is 458 g/mol. The fraction of sp³-hybridized carbons (Fsp3) is 0.448. The highest BCUT2D eigenvalue weighted by atomic mass is 16.5. The van der Waals surface area contributed by atoms with Gasteiger partial charge in [-0.2, -0.15) is 0 Å². The SMILES string of the molecule is Cc1oc(-c2ccc(Oc3ccccc3)cc2)nc1COCC1CCCC(COC(C)(C)C(=O)O)C1. The van der Waals surface area contributed by atoms with Crippen molar-refractivity contribution in [3.63, 3.8) is 0 Å². The number of carboxylic acids is 1. The first-order valence-electron chi connectivity index (χ1n) is 12.5. The topological polar surface area (TPSA) is 91.0 Å². The molecule has 1 aliphatic carbocycles. The van der Waals surface area contributed by atoms with Crippen molar-refractivity contribution >= 4 is 5.97 Å². The van der Waals surface area contributed by atoms with E-state index in [2.05, 4.69) is 4.98 Å². The van der Waals surface area contributed by atoms with E-state index in [-0.39, 0.29) is 0 Å². The molecule has 2 atom stereocenters. The fourth-order valence-electron chi connectivity index (χ4n) is 4.39. The summed E-state index contributed by atoms with van der Waals surface area (Å²) in [6.07, 6.45) is 4.26. The molecule has 7 heteroatoms. The summed E-state index contributed by atoms with van der Waals surface area (Å²) in [6, 6.07) is 17.3. The maximum absolute atomic E-state index is 11.3. The first kappa shape index (κ1) is 25.9. The molecule has 0 amide bonds. The molecule has 1 aliphatic rings. The Morgan fingerprint density at radius 3 is 2.39 bits per heavy atom. The number of carboxylic acid groups (broad SMARTS) is 1. The molecule has 0 aliphatic heterocycles. The van der Waals surface area contributed by atoms with Crippen LogP contribution < -0.4 is 4.74 Å². The van der Waals surface area contributed by atoms with E-state index in [0.717, 1.165) is 54.2 Å². The molecular formula is C29H35NO6. The standard InChI is InChI=1S/C29H35NO6/c1-20-26(19-33-17-21-8-7-9-22(16-21)18-34-29(2,3)28(31)32)30-27(35-20)23-12-14-25(15-13-23)36-24-10-5-4-6-11-24/h4-6,10-15,21-22H,7-9,16-19H2,1-3H3,(H,31,32). The van der Waals surface area contributed by atoms with Gasteiger partial charge in [-0.1, -0.05) is 24.6 Å². The zero-order valence-corrected chi connectivity index (χ0v) is 21.2. The van der Waals surface area contributed by atoms with Crippen LogP contribution in [0.15, 0.2) is 59.0 Å². The number of nitrogens with zero attached hydrogens (tertiary/aromatic N) is 1. The third-order valence-electron chi connectivity index (χ3n) is 6.65. The number of ether oxygens (including phenoxy) is 3. The lowest BCUT2D eigenvalue weighted by atomic mass is 9.82. The summed E-state index contributed by atoms with van der Waals surface area (Å²) in [5, 5.41) is 9.25. The molecule has 1 heterocycles. The minimum absolute atomic E-state index is 0.361. The number of hydrogen-bond donors (Lipinski definition) is 1. The molecule has 0 spiro atoms. The number of hydrogen-bond acceptors (Lipinski definition) is 6. The second-order valence-corrected chi connectivity index (χ2v) is 10.0. The second-order valence-electron chi connectivity index (χ2n) is 10.0. The van der Waals surface area contributed by atoms with Crippen LogP contribution in [-0.4, -0.2) is 34.9 Å². The Hall–Kier alpha value is -3.16. The molecule has 2 aromatic carbocycles. The van der Waals surface area contributed by atoms with Crippen LogP contribution in [0.3, 0.4) is 0 Å². The summed E-state index contributed by atoms with van der Waals surface area (Å²) in [5.41, 5.74) is 0.526. The maximum atomic E-state index is 11.3. The molecule has 192 valence electrons. The van der Waals surface area contributed by atoms with Crippen LogP contribution in [0.1, 0.15) is 51.0 Å². The molecule has 3 aromatic rings. The van der Waals surface area contributed by atoms with Gasteiger partial charge in [0.1, 0.15) is 23.0 Å². The summed E-state index contributed by atoms with van der Waals surface area (Å²) in [4.78, 5) is 15.9. The highest BCUT2D eigenvalue weighted by Gasteiger charge is 2.30. The number of benzene rings is 2. The van der Waals surface area contributed by atoms with Gasteiger partial charge in [0.05, 0.1) is 13.2 Å². The van der Waals surface area contributed by atoms with Crippen molar-refractivity contribution in [1.82, 2.24) is 4.98 Å². The lowest BCUT2D eigenvalue weighted by Crippen LogP contribution is -2.37. The molecule has 1 N–H and O–H groups in total. The minimum Gasteiger partial charge on any atom is -0.479 e. The lowest BCUT2D eigenvalue weighted by Gasteiger charge is -2.31. The van der Waals surface area contributed by atoms with Gasteiger partial charge in [0.25, 0.3) is 0 Å². The average molecular weight is 494 g/mol. The summed E-state index contributed by atoms with van der Waals surface area (Å²) in [7, 11) is 0. The molecule has 1 saturated carbocycles. The average Bonchev–Trinajstić information content (AvgIpc) is 3.24. The van der Waals surface area contributed by atoms with Crippen molar-refractivity contribution in [2.24, 2.45) is 11.8 Å². The summed E-state index contributed by atoms with van der Waals surface area (Å²) in [6.45, 7) is 6.61. The van der Waals surface area contributed by atoms with E-state index in [1.54, 1.807) is 13.8 Å². The molecule has 2 unspecified atom stereocenters. The Kier molecular flexibility index (Phi) is 8.44. The van der Waals surface area contributed by atoms with Crippen molar-refractivity contribution in [1.29, 1.82) is 0 Å². The molecule has 0 saturated heterocycles. The number of oxazole rings is 1. The summed E-state index contributed by atoms with van der Waals surface area (Å²) >= 11 is 0. The number of carbonyl (C=O) groups is 1. The van der Waals surface area contributed by atoms with E-state index in [1.165, 1.54) is 0 Å². The van der Waals surface area contributed by atoms with Gasteiger partial charge in [-0.3, -0.25) is 0 Å². The number of aromatic nitrogens is 1. The molecule has 7 nitrogen and oxygen atoms in total. The highest BCUT2D eigenvalue weighted by molar-refractivity contribution is 5.76. The third-order valence-corrected chi connectivity index (χ3v) is 6.65. The van der Waals surface area contributed by atoms with E-state index in [9.17, 15) is 9.90 Å². The smallest absolute Gasteiger partial charge is 0.335 e. The normalized spacial score (nSPS) is 18.2. The van der Waals surface area contributed by atoms with Crippen LogP contribution in [0.5, 0.6) is 11.5 Å². The predicted octanol–water partition coefficient (Wildman–Crippen LogP) is 6.65. The zero-order valence-electron chi connectivity index (χ0n) is 21.2. The van der Waals surface area contributed by atoms with Crippen molar-refractivity contribution in [3.8, 4) is 23.0 Å². The quantitative estimate of drug-likeness (QED) is 0.320. The first-order valence-corrected chi connectivity index (χ1v) is 12.5. The van der Waals surface area contributed by atoms with Gasteiger partial charge >= 0.3 is 5.97 Å². The first-order chi connectivity index (χ1) is 17.3. The summed E-state index contributed by atoms with van der Waals surface area (Å²) < 4.78 is 23.5. The molecule has 4 rings (SSSR count). The Morgan fingerprint density at radius 1 is 1.03 bits per heavy atom. The van der Waals surface area contributed by atoms with E-state index >= 15 is 0 Å². The largest absolute Gasteiger partial charge is 0.479 e. The van der Waals surface area contributed by atoms with Crippen LogP contribution in [0.4, 0.5) is 0 Å². The van der Waals surface area contributed by atoms with E-state index in [1.807, 2.05) is 61.5 Å². The highest BCUT2D eigenvalue weighted by Crippen LogP contribution is 2.31. The van der Waals surface area contributed by atoms with Crippen LogP contribution in [0, 0.1) is 18.8 Å². The third kappa shape index (κ3) is 6.95. The Morgan fingerprint density at radius 2 is 1.69 bits per heavy atom. The van der Waals surface area contributed by atoms with E-state index < -0.39 is 11.6 Å². The van der Waals surface area contributed by atoms with Gasteiger partial charge in [0.15, 0.2) is 5.60 Å². The Balaban J connectivity index is 1.26. The lowest BCUT2D eigenvalue weighted by molar-refractivity contribution is -0.163. The van der Waals surface area contributed by atoms with Gasteiger partial charge < -0.3 is 23.7 Å². The van der Waals surface area contributed by atoms with E-state index in [4.69, 9.17) is 18.6 Å². The van der Waals surface area contributed by atoms with Gasteiger partial charge in [0.2, 0.25) is 5.89 Å². The number of para-hydroxylation sites is 1. The second kappa shape index (κ2) is 11.7.